The maximum absolute atomic E-state index is 11.8. The number of carbonyl (C=O) groups is 1. The summed E-state index contributed by atoms with van der Waals surface area (Å²) >= 11 is 0. The van der Waals surface area contributed by atoms with Crippen LogP contribution in [0.5, 0.6) is 0 Å². The van der Waals surface area contributed by atoms with Crippen LogP contribution in [-0.2, 0) is 9.53 Å². The fraction of sp³-hybridized carbons (Fsp3) is 0. The number of carbonyl (C=O) groups excluding carboxylic acids is 1. The molecular formula is C15H9N3O4. The molecule has 7 heteroatoms. The van der Waals surface area contributed by atoms with E-state index in [0.29, 0.717) is 11.1 Å². The first-order valence-electron chi connectivity index (χ1n) is 6.31. The number of pyridine rings is 1. The lowest BCUT2D eigenvalue weighted by molar-refractivity contribution is -0.384. The molecule has 0 saturated carbocycles. The molecule has 2 aromatic rings. The number of hydrogen-bond donors (Lipinski definition) is 0. The number of ether oxygens (including phenoxy) is 1. The van der Waals surface area contributed by atoms with Crippen LogP contribution in [0.1, 0.15) is 11.1 Å². The summed E-state index contributed by atoms with van der Waals surface area (Å²) in [4.78, 5) is 30.1. The monoisotopic (exact) mass is 295 g/mol. The third-order valence-corrected chi connectivity index (χ3v) is 2.91. The lowest BCUT2D eigenvalue weighted by Gasteiger charge is -1.98. The van der Waals surface area contributed by atoms with Gasteiger partial charge in [-0.15, -0.1) is 0 Å². The predicted molar refractivity (Wildman–Crippen MR) is 77.9 cm³/mol. The minimum Gasteiger partial charge on any atom is -0.402 e. The van der Waals surface area contributed by atoms with E-state index >= 15 is 0 Å². The van der Waals surface area contributed by atoms with E-state index in [1.807, 2.05) is 0 Å². The van der Waals surface area contributed by atoms with Crippen LogP contribution in [0.25, 0.3) is 6.08 Å². The van der Waals surface area contributed by atoms with Crippen LogP contribution in [0, 0.1) is 10.1 Å². The summed E-state index contributed by atoms with van der Waals surface area (Å²) in [6, 6.07) is 9.26. The first kappa shape index (κ1) is 13.6. The molecule has 1 aromatic carbocycles. The van der Waals surface area contributed by atoms with E-state index in [9.17, 15) is 14.9 Å². The topological polar surface area (TPSA) is 94.7 Å². The second-order valence-corrected chi connectivity index (χ2v) is 4.43. The molecule has 0 amide bonds. The van der Waals surface area contributed by atoms with Crippen molar-refractivity contribution in [3.63, 3.8) is 0 Å². The maximum Gasteiger partial charge on any atom is 0.363 e. The molecule has 3 rings (SSSR count). The number of non-ortho nitro benzene ring substituents is 1. The lowest BCUT2D eigenvalue weighted by atomic mass is 10.2. The van der Waals surface area contributed by atoms with Gasteiger partial charge in [-0.3, -0.25) is 15.1 Å². The molecule has 0 radical (unpaired) electrons. The van der Waals surface area contributed by atoms with Crippen molar-refractivity contribution in [3.8, 4) is 0 Å². The zero-order valence-corrected chi connectivity index (χ0v) is 11.2. The molecule has 2 heterocycles. The van der Waals surface area contributed by atoms with Gasteiger partial charge in [0.1, 0.15) is 0 Å². The molecule has 1 aliphatic rings. The van der Waals surface area contributed by atoms with Gasteiger partial charge in [0.2, 0.25) is 5.90 Å². The van der Waals surface area contributed by atoms with E-state index in [1.54, 1.807) is 36.7 Å². The van der Waals surface area contributed by atoms with Gasteiger partial charge in [-0.1, -0.05) is 12.1 Å². The van der Waals surface area contributed by atoms with Gasteiger partial charge >= 0.3 is 5.97 Å². The Balaban J connectivity index is 1.95. The Morgan fingerprint density at radius 2 is 2.09 bits per heavy atom. The predicted octanol–water partition coefficient (Wildman–Crippen LogP) is 2.33. The van der Waals surface area contributed by atoms with Gasteiger partial charge in [-0.2, -0.15) is 0 Å². The van der Waals surface area contributed by atoms with Crippen molar-refractivity contribution < 1.29 is 14.5 Å². The first-order valence-corrected chi connectivity index (χ1v) is 6.31. The number of benzene rings is 1. The standard InChI is InChI=1S/C15H9N3O4/c19-15-13(7-10-3-2-6-16-9-10)17-14(22-15)11-4-1-5-12(8-11)18(20)21/h1-9H/b13-7-. The first-order chi connectivity index (χ1) is 10.6. The Bertz CT molecular complexity index is 813. The molecule has 22 heavy (non-hydrogen) atoms. The van der Waals surface area contributed by atoms with Crippen molar-refractivity contribution in [2.45, 2.75) is 0 Å². The van der Waals surface area contributed by atoms with Crippen molar-refractivity contribution in [1.29, 1.82) is 0 Å². The van der Waals surface area contributed by atoms with Crippen LogP contribution in [-0.4, -0.2) is 21.8 Å². The molecule has 0 unspecified atom stereocenters. The number of rotatable bonds is 3. The molecule has 0 spiro atoms. The van der Waals surface area contributed by atoms with Crippen molar-refractivity contribution in [1.82, 2.24) is 4.98 Å². The highest BCUT2D eigenvalue weighted by Gasteiger charge is 2.25. The normalized spacial score (nSPS) is 15.5. The molecule has 0 saturated heterocycles. The van der Waals surface area contributed by atoms with Gasteiger partial charge < -0.3 is 4.74 Å². The molecule has 1 aliphatic heterocycles. The van der Waals surface area contributed by atoms with Crippen molar-refractivity contribution in [3.05, 3.63) is 75.7 Å². The minimum atomic E-state index is -0.606. The number of nitro benzene ring substituents is 1. The van der Waals surface area contributed by atoms with E-state index < -0.39 is 10.9 Å². The Hall–Kier alpha value is -3.35. The maximum atomic E-state index is 11.8. The van der Waals surface area contributed by atoms with E-state index in [0.717, 1.165) is 0 Å². The van der Waals surface area contributed by atoms with Gasteiger partial charge in [0.05, 0.1) is 4.92 Å². The van der Waals surface area contributed by atoms with E-state index in [-0.39, 0.29) is 17.3 Å². The van der Waals surface area contributed by atoms with E-state index in [1.165, 1.54) is 18.2 Å². The number of esters is 1. The third kappa shape index (κ3) is 2.73. The molecule has 0 fully saturated rings. The number of aliphatic imine (C=N–C) groups is 1. The highest BCUT2D eigenvalue weighted by molar-refractivity contribution is 6.13. The summed E-state index contributed by atoms with van der Waals surface area (Å²) in [7, 11) is 0. The Labute approximate surface area is 124 Å². The summed E-state index contributed by atoms with van der Waals surface area (Å²) in [5.41, 5.74) is 1.10. The van der Waals surface area contributed by atoms with Crippen LogP contribution in [0.15, 0.2) is 59.5 Å². The number of aromatic nitrogens is 1. The van der Waals surface area contributed by atoms with Gasteiger partial charge in [-0.05, 0) is 23.8 Å². The largest absolute Gasteiger partial charge is 0.402 e. The summed E-state index contributed by atoms with van der Waals surface area (Å²) in [5, 5.41) is 10.8. The Morgan fingerprint density at radius 1 is 1.23 bits per heavy atom. The zero-order valence-electron chi connectivity index (χ0n) is 11.2. The smallest absolute Gasteiger partial charge is 0.363 e. The van der Waals surface area contributed by atoms with Crippen LogP contribution in [0.3, 0.4) is 0 Å². The number of hydrogen-bond acceptors (Lipinski definition) is 6. The number of nitro groups is 1. The average molecular weight is 295 g/mol. The Morgan fingerprint density at radius 3 is 2.82 bits per heavy atom. The average Bonchev–Trinajstić information content (AvgIpc) is 2.89. The summed E-state index contributed by atoms with van der Waals surface area (Å²) < 4.78 is 5.07. The van der Waals surface area contributed by atoms with Crippen LogP contribution >= 0.6 is 0 Å². The highest BCUT2D eigenvalue weighted by Crippen LogP contribution is 2.21. The summed E-state index contributed by atoms with van der Waals surface area (Å²) in [6.07, 6.45) is 4.74. The molecule has 1 aromatic heterocycles. The molecule has 0 atom stereocenters. The van der Waals surface area contributed by atoms with Crippen LogP contribution < -0.4 is 0 Å². The van der Waals surface area contributed by atoms with Crippen molar-refractivity contribution in [2.75, 3.05) is 0 Å². The zero-order chi connectivity index (χ0) is 15.5. The molecule has 7 nitrogen and oxygen atoms in total. The van der Waals surface area contributed by atoms with Crippen LogP contribution in [0.2, 0.25) is 0 Å². The van der Waals surface area contributed by atoms with Gasteiger partial charge in [-0.25, -0.2) is 9.79 Å². The molecule has 0 N–H and O–H groups in total. The third-order valence-electron chi connectivity index (χ3n) is 2.91. The summed E-state index contributed by atoms with van der Waals surface area (Å²) in [6.45, 7) is 0. The van der Waals surface area contributed by atoms with Crippen LogP contribution in [0.4, 0.5) is 5.69 Å². The molecule has 108 valence electrons. The summed E-state index contributed by atoms with van der Waals surface area (Å²) in [5.74, 6) is -0.561. The number of cyclic esters (lactones) is 1. The fourth-order valence-electron chi connectivity index (χ4n) is 1.90. The molecule has 0 aliphatic carbocycles. The van der Waals surface area contributed by atoms with E-state index in [4.69, 9.17) is 4.74 Å². The van der Waals surface area contributed by atoms with E-state index in [2.05, 4.69) is 9.98 Å². The fourth-order valence-corrected chi connectivity index (χ4v) is 1.90. The second-order valence-electron chi connectivity index (χ2n) is 4.43. The SMILES string of the molecule is O=C1OC(c2cccc([N+](=O)[O-])c2)=N/C1=C\c1cccnc1. The van der Waals surface area contributed by atoms with Crippen molar-refractivity contribution in [2.24, 2.45) is 4.99 Å². The van der Waals surface area contributed by atoms with Crippen molar-refractivity contribution >= 4 is 23.6 Å². The highest BCUT2D eigenvalue weighted by atomic mass is 16.6. The minimum absolute atomic E-state index is 0.0452. The number of nitrogens with zero attached hydrogens (tertiary/aromatic N) is 3. The second kappa shape index (κ2) is 5.57. The lowest BCUT2D eigenvalue weighted by Crippen LogP contribution is -2.05. The Kier molecular flexibility index (Phi) is 3.45. The molecular weight excluding hydrogens is 286 g/mol. The molecule has 0 bridgehead atoms. The van der Waals surface area contributed by atoms with Gasteiger partial charge in [0.15, 0.2) is 5.70 Å². The van der Waals surface area contributed by atoms with Gasteiger partial charge in [0.25, 0.3) is 5.69 Å². The quantitative estimate of drug-likeness (QED) is 0.375. The van der Waals surface area contributed by atoms with Gasteiger partial charge in [0, 0.05) is 30.1 Å².